The van der Waals surface area contributed by atoms with Crippen LogP contribution in [0.3, 0.4) is 0 Å². The Hall–Kier alpha value is -2.71. The van der Waals surface area contributed by atoms with Gasteiger partial charge >= 0.3 is 0 Å². The molecule has 1 aromatic carbocycles. The Kier molecular flexibility index (Phi) is 7.00. The zero-order valence-corrected chi connectivity index (χ0v) is 18.3. The van der Waals surface area contributed by atoms with E-state index in [1.54, 1.807) is 31.8 Å². The molecule has 3 rings (SSSR count). The maximum absolute atomic E-state index is 5.62. The van der Waals surface area contributed by atoms with Crippen LogP contribution in [0.15, 0.2) is 45.3 Å². The van der Waals surface area contributed by atoms with Crippen molar-refractivity contribution in [2.45, 2.75) is 33.0 Å². The maximum atomic E-state index is 5.62. The summed E-state index contributed by atoms with van der Waals surface area (Å²) in [5.41, 5.74) is 3.98. The van der Waals surface area contributed by atoms with Crippen LogP contribution in [0.2, 0.25) is 0 Å². The summed E-state index contributed by atoms with van der Waals surface area (Å²) >= 11 is 1.61. The van der Waals surface area contributed by atoms with Gasteiger partial charge in [0.2, 0.25) is 5.89 Å². The lowest BCUT2D eigenvalue weighted by molar-refractivity contribution is 0.119. The van der Waals surface area contributed by atoms with Crippen molar-refractivity contribution < 1.29 is 9.15 Å². The standard InChI is InChI=1S/C21H27N5O2S/c1-14-6-8-16(9-7-14)19-24-17(12-28-19)10-23-21(22-3)26(4)11-18-13-29-20(25-18)15(2)27-5/h6-9,12-13,15H,10-11H2,1-5H3,(H,22,23). The molecular formula is C21H27N5O2S. The number of benzene rings is 1. The first-order chi connectivity index (χ1) is 14.0. The lowest BCUT2D eigenvalue weighted by Gasteiger charge is -2.20. The first kappa shape index (κ1) is 21.0. The Labute approximate surface area is 175 Å². The lowest BCUT2D eigenvalue weighted by Crippen LogP contribution is -2.38. The molecule has 0 aliphatic carbocycles. The SMILES string of the molecule is CN=C(NCc1coc(-c2ccc(C)cc2)n1)N(C)Cc1csc(C(C)OC)n1. The van der Waals surface area contributed by atoms with Crippen molar-refractivity contribution in [3.8, 4) is 11.5 Å². The van der Waals surface area contributed by atoms with E-state index in [0.29, 0.717) is 19.0 Å². The van der Waals surface area contributed by atoms with Crippen LogP contribution in [0, 0.1) is 6.92 Å². The van der Waals surface area contributed by atoms with E-state index >= 15 is 0 Å². The normalized spacial score (nSPS) is 12.8. The highest BCUT2D eigenvalue weighted by atomic mass is 32.1. The number of aryl methyl sites for hydroxylation is 1. The van der Waals surface area contributed by atoms with Gasteiger partial charge < -0.3 is 19.4 Å². The minimum Gasteiger partial charge on any atom is -0.444 e. The van der Waals surface area contributed by atoms with Crippen LogP contribution in [0.5, 0.6) is 0 Å². The molecule has 1 unspecified atom stereocenters. The molecule has 154 valence electrons. The summed E-state index contributed by atoms with van der Waals surface area (Å²) in [5, 5.41) is 6.36. The van der Waals surface area contributed by atoms with E-state index in [9.17, 15) is 0 Å². The van der Waals surface area contributed by atoms with Gasteiger partial charge in [0.1, 0.15) is 17.4 Å². The Morgan fingerprint density at radius 1 is 1.28 bits per heavy atom. The Morgan fingerprint density at radius 2 is 2.03 bits per heavy atom. The summed E-state index contributed by atoms with van der Waals surface area (Å²) in [7, 11) is 5.44. The number of aliphatic imine (C=N–C) groups is 1. The molecule has 0 fully saturated rings. The molecule has 8 heteroatoms. The van der Waals surface area contributed by atoms with Crippen molar-refractivity contribution in [3.63, 3.8) is 0 Å². The zero-order valence-electron chi connectivity index (χ0n) is 17.5. The van der Waals surface area contributed by atoms with E-state index in [0.717, 1.165) is 27.9 Å². The number of aromatic nitrogens is 2. The fraction of sp³-hybridized carbons (Fsp3) is 0.381. The van der Waals surface area contributed by atoms with Gasteiger partial charge in [0.15, 0.2) is 5.96 Å². The zero-order chi connectivity index (χ0) is 20.8. The third-order valence-corrected chi connectivity index (χ3v) is 5.58. The lowest BCUT2D eigenvalue weighted by atomic mass is 10.1. The Balaban J connectivity index is 1.57. The van der Waals surface area contributed by atoms with E-state index in [4.69, 9.17) is 9.15 Å². The quantitative estimate of drug-likeness (QED) is 0.466. The molecule has 0 saturated heterocycles. The second-order valence-electron chi connectivity index (χ2n) is 6.82. The average Bonchev–Trinajstić information content (AvgIpc) is 3.38. The number of thiazole rings is 1. The van der Waals surface area contributed by atoms with E-state index in [-0.39, 0.29) is 6.10 Å². The van der Waals surface area contributed by atoms with Gasteiger partial charge in [0, 0.05) is 32.1 Å². The molecule has 0 radical (unpaired) electrons. The minimum absolute atomic E-state index is 0.00591. The van der Waals surface area contributed by atoms with Crippen LogP contribution in [-0.2, 0) is 17.8 Å². The molecule has 0 saturated carbocycles. The number of hydrogen-bond acceptors (Lipinski definition) is 6. The molecule has 3 aromatic rings. The van der Waals surface area contributed by atoms with Crippen molar-refractivity contribution in [1.82, 2.24) is 20.2 Å². The van der Waals surface area contributed by atoms with Crippen molar-refractivity contribution in [2.24, 2.45) is 4.99 Å². The summed E-state index contributed by atoms with van der Waals surface area (Å²) in [4.78, 5) is 15.6. The number of rotatable bonds is 7. The van der Waals surface area contributed by atoms with Gasteiger partial charge in [-0.2, -0.15) is 0 Å². The predicted molar refractivity (Wildman–Crippen MR) is 116 cm³/mol. The number of methoxy groups -OCH3 is 1. The first-order valence-electron chi connectivity index (χ1n) is 9.40. The van der Waals surface area contributed by atoms with Gasteiger partial charge in [-0.1, -0.05) is 17.7 Å². The highest BCUT2D eigenvalue weighted by Gasteiger charge is 2.13. The topological polar surface area (TPSA) is 75.8 Å². The summed E-state index contributed by atoms with van der Waals surface area (Å²) in [6.07, 6.45) is 1.68. The van der Waals surface area contributed by atoms with E-state index in [1.165, 1.54) is 5.56 Å². The van der Waals surface area contributed by atoms with Crippen LogP contribution in [-0.4, -0.2) is 42.0 Å². The molecule has 0 bridgehead atoms. The molecule has 29 heavy (non-hydrogen) atoms. The molecule has 0 aliphatic heterocycles. The van der Waals surface area contributed by atoms with Gasteiger partial charge in [-0.3, -0.25) is 4.99 Å². The van der Waals surface area contributed by atoms with Gasteiger partial charge in [-0.15, -0.1) is 11.3 Å². The Bertz CT molecular complexity index is 948. The van der Waals surface area contributed by atoms with Crippen LogP contribution in [0.25, 0.3) is 11.5 Å². The Morgan fingerprint density at radius 3 is 2.72 bits per heavy atom. The van der Waals surface area contributed by atoms with Crippen molar-refractivity contribution in [3.05, 3.63) is 57.9 Å². The summed E-state index contributed by atoms with van der Waals surface area (Å²) < 4.78 is 11.0. The van der Waals surface area contributed by atoms with Crippen molar-refractivity contribution in [1.29, 1.82) is 0 Å². The molecule has 0 amide bonds. The highest BCUT2D eigenvalue weighted by molar-refractivity contribution is 7.09. The third kappa shape index (κ3) is 5.42. The second-order valence-corrected chi connectivity index (χ2v) is 7.71. The van der Waals surface area contributed by atoms with Gasteiger partial charge in [-0.25, -0.2) is 9.97 Å². The second kappa shape index (κ2) is 9.67. The van der Waals surface area contributed by atoms with Gasteiger partial charge in [-0.05, 0) is 26.0 Å². The van der Waals surface area contributed by atoms with Gasteiger partial charge in [0.25, 0.3) is 0 Å². The number of hydrogen-bond donors (Lipinski definition) is 1. The van der Waals surface area contributed by atoms with Crippen LogP contribution < -0.4 is 5.32 Å². The molecule has 1 atom stereocenters. The largest absolute Gasteiger partial charge is 0.444 e. The molecular weight excluding hydrogens is 386 g/mol. The summed E-state index contributed by atoms with van der Waals surface area (Å²) in [5.74, 6) is 1.38. The molecule has 7 nitrogen and oxygen atoms in total. The highest BCUT2D eigenvalue weighted by Crippen LogP contribution is 2.21. The molecule has 1 N–H and O–H groups in total. The molecule has 2 aromatic heterocycles. The number of ether oxygens (including phenoxy) is 1. The smallest absolute Gasteiger partial charge is 0.226 e. The molecule has 0 aliphatic rings. The predicted octanol–water partition coefficient (Wildman–Crippen LogP) is 4.02. The number of nitrogens with one attached hydrogen (secondary N) is 1. The average molecular weight is 414 g/mol. The van der Waals surface area contributed by atoms with Crippen molar-refractivity contribution >= 4 is 17.3 Å². The summed E-state index contributed by atoms with van der Waals surface area (Å²) in [6, 6.07) is 8.12. The van der Waals surface area contributed by atoms with E-state index < -0.39 is 0 Å². The number of oxazole rings is 1. The van der Waals surface area contributed by atoms with Gasteiger partial charge in [0.05, 0.1) is 24.5 Å². The van der Waals surface area contributed by atoms with Crippen molar-refractivity contribution in [2.75, 3.05) is 21.2 Å². The monoisotopic (exact) mass is 413 g/mol. The van der Waals surface area contributed by atoms with Crippen LogP contribution >= 0.6 is 11.3 Å². The number of nitrogens with zero attached hydrogens (tertiary/aromatic N) is 4. The fourth-order valence-electron chi connectivity index (χ4n) is 2.77. The molecule has 2 heterocycles. The summed E-state index contributed by atoms with van der Waals surface area (Å²) in [6.45, 7) is 5.23. The maximum Gasteiger partial charge on any atom is 0.226 e. The van der Waals surface area contributed by atoms with E-state index in [2.05, 4.69) is 32.6 Å². The van der Waals surface area contributed by atoms with E-state index in [1.807, 2.05) is 43.1 Å². The fourth-order valence-corrected chi connectivity index (χ4v) is 3.61. The third-order valence-electron chi connectivity index (χ3n) is 4.52. The first-order valence-corrected chi connectivity index (χ1v) is 10.3. The number of guanidine groups is 1. The van der Waals surface area contributed by atoms with Crippen LogP contribution in [0.1, 0.15) is 35.0 Å². The minimum atomic E-state index is 0.00591. The molecule has 0 spiro atoms. The van der Waals surface area contributed by atoms with Crippen LogP contribution in [0.4, 0.5) is 0 Å².